The van der Waals surface area contributed by atoms with Crippen molar-refractivity contribution < 1.29 is 4.79 Å². The van der Waals surface area contributed by atoms with Crippen LogP contribution in [-0.4, -0.2) is 45.7 Å². The topological polar surface area (TPSA) is 58.1 Å². The number of carbonyl (C=O) groups is 1. The van der Waals surface area contributed by atoms with Crippen LogP contribution in [0.2, 0.25) is 0 Å². The van der Waals surface area contributed by atoms with Gasteiger partial charge in [-0.05, 0) is 38.8 Å². The second kappa shape index (κ2) is 8.34. The van der Waals surface area contributed by atoms with E-state index in [4.69, 9.17) is 0 Å². The third-order valence-electron chi connectivity index (χ3n) is 4.26. The van der Waals surface area contributed by atoms with Gasteiger partial charge in [-0.15, -0.1) is 11.8 Å². The second-order valence-electron chi connectivity index (χ2n) is 6.25. The number of amides is 1. The highest BCUT2D eigenvalue weighted by atomic mass is 32.2. The number of thioether (sulfide) groups is 1. The lowest BCUT2D eigenvalue weighted by Crippen LogP contribution is -2.39. The first-order valence-electron chi connectivity index (χ1n) is 8.74. The maximum Gasteiger partial charge on any atom is 0.256 e. The van der Waals surface area contributed by atoms with Crippen molar-refractivity contribution >= 4 is 23.6 Å². The van der Waals surface area contributed by atoms with E-state index in [0.717, 1.165) is 32.5 Å². The van der Waals surface area contributed by atoms with E-state index < -0.39 is 0 Å². The van der Waals surface area contributed by atoms with Gasteiger partial charge < -0.3 is 10.2 Å². The van der Waals surface area contributed by atoms with Crippen molar-refractivity contribution in [3.8, 4) is 0 Å². The standard InChI is InChI=1S/C19H24N4OS/c1-3-20-19-21-12-15(13-22-19)18(24)23-9-7-16(8-10-23)25-17-6-4-5-14(2)11-17/h4-6,11-13,16H,3,7-10H2,1-2H3,(H,20,21,22). The number of piperidine rings is 1. The summed E-state index contributed by atoms with van der Waals surface area (Å²) in [5, 5.41) is 3.60. The molecule has 1 aliphatic heterocycles. The molecule has 0 saturated carbocycles. The minimum absolute atomic E-state index is 0.0297. The van der Waals surface area contributed by atoms with E-state index in [1.54, 1.807) is 12.4 Å². The van der Waals surface area contributed by atoms with Crippen LogP contribution < -0.4 is 5.32 Å². The molecule has 2 aromatic rings. The molecular weight excluding hydrogens is 332 g/mol. The maximum atomic E-state index is 12.6. The highest BCUT2D eigenvalue weighted by molar-refractivity contribution is 8.00. The minimum atomic E-state index is 0.0297. The third-order valence-corrected chi connectivity index (χ3v) is 5.59. The Morgan fingerprint density at radius 2 is 2.00 bits per heavy atom. The van der Waals surface area contributed by atoms with Crippen LogP contribution in [0, 0.1) is 6.92 Å². The first-order chi connectivity index (χ1) is 12.2. The molecule has 0 atom stereocenters. The molecule has 3 rings (SSSR count). The molecule has 0 aliphatic carbocycles. The van der Waals surface area contributed by atoms with Crippen molar-refractivity contribution in [3.05, 3.63) is 47.8 Å². The summed E-state index contributed by atoms with van der Waals surface area (Å²) in [4.78, 5) is 24.2. The molecule has 1 aromatic heterocycles. The molecule has 1 amide bonds. The van der Waals surface area contributed by atoms with Crippen molar-refractivity contribution in [2.24, 2.45) is 0 Å². The van der Waals surface area contributed by atoms with Gasteiger partial charge in [0.25, 0.3) is 5.91 Å². The fourth-order valence-corrected chi connectivity index (χ4v) is 4.17. The highest BCUT2D eigenvalue weighted by Crippen LogP contribution is 2.31. The van der Waals surface area contributed by atoms with Crippen molar-refractivity contribution in [1.29, 1.82) is 0 Å². The molecule has 2 heterocycles. The number of aryl methyl sites for hydroxylation is 1. The van der Waals surface area contributed by atoms with Crippen molar-refractivity contribution in [3.63, 3.8) is 0 Å². The van der Waals surface area contributed by atoms with Gasteiger partial charge in [0.15, 0.2) is 0 Å². The lowest BCUT2D eigenvalue weighted by Gasteiger charge is -2.31. The van der Waals surface area contributed by atoms with Gasteiger partial charge in [-0.3, -0.25) is 4.79 Å². The van der Waals surface area contributed by atoms with Gasteiger partial charge in [0.1, 0.15) is 0 Å². The summed E-state index contributed by atoms with van der Waals surface area (Å²) in [5.74, 6) is 0.592. The molecule has 1 aliphatic rings. The van der Waals surface area contributed by atoms with Gasteiger partial charge >= 0.3 is 0 Å². The van der Waals surface area contributed by atoms with E-state index in [0.29, 0.717) is 16.8 Å². The summed E-state index contributed by atoms with van der Waals surface area (Å²) in [6, 6.07) is 8.62. The number of hydrogen-bond acceptors (Lipinski definition) is 5. The number of hydrogen-bond donors (Lipinski definition) is 1. The van der Waals surface area contributed by atoms with Gasteiger partial charge in [0, 0.05) is 42.2 Å². The molecule has 0 unspecified atom stereocenters. The number of nitrogens with one attached hydrogen (secondary N) is 1. The predicted octanol–water partition coefficient (Wildman–Crippen LogP) is 3.61. The average molecular weight is 356 g/mol. The zero-order valence-electron chi connectivity index (χ0n) is 14.7. The van der Waals surface area contributed by atoms with Crippen LogP contribution in [0.3, 0.4) is 0 Å². The molecule has 1 N–H and O–H groups in total. The molecule has 25 heavy (non-hydrogen) atoms. The normalized spacial score (nSPS) is 15.2. The number of aromatic nitrogens is 2. The predicted molar refractivity (Wildman–Crippen MR) is 102 cm³/mol. The largest absolute Gasteiger partial charge is 0.355 e. The van der Waals surface area contributed by atoms with Crippen molar-refractivity contribution in [2.75, 3.05) is 25.0 Å². The Morgan fingerprint density at radius 3 is 2.64 bits per heavy atom. The first kappa shape index (κ1) is 17.7. The number of anilines is 1. The summed E-state index contributed by atoms with van der Waals surface area (Å²) in [7, 11) is 0. The van der Waals surface area contributed by atoms with E-state index >= 15 is 0 Å². The van der Waals surface area contributed by atoms with Crippen LogP contribution in [0.15, 0.2) is 41.6 Å². The Labute approximate surface area is 153 Å². The SMILES string of the molecule is CCNc1ncc(C(=O)N2CCC(Sc3cccc(C)c3)CC2)cn1. The van der Waals surface area contributed by atoms with Gasteiger partial charge in [-0.1, -0.05) is 17.7 Å². The lowest BCUT2D eigenvalue weighted by molar-refractivity contribution is 0.0726. The monoisotopic (exact) mass is 356 g/mol. The molecule has 0 bridgehead atoms. The fraction of sp³-hybridized carbons (Fsp3) is 0.421. The third kappa shape index (κ3) is 4.72. The number of nitrogens with zero attached hydrogens (tertiary/aromatic N) is 3. The van der Waals surface area contributed by atoms with Crippen LogP contribution in [-0.2, 0) is 0 Å². The summed E-state index contributed by atoms with van der Waals surface area (Å²) < 4.78 is 0. The summed E-state index contributed by atoms with van der Waals surface area (Å²) in [6.45, 7) is 6.45. The van der Waals surface area contributed by atoms with E-state index in [1.165, 1.54) is 10.5 Å². The fourth-order valence-electron chi connectivity index (χ4n) is 2.93. The Kier molecular flexibility index (Phi) is 5.91. The van der Waals surface area contributed by atoms with Crippen molar-refractivity contribution in [1.82, 2.24) is 14.9 Å². The molecule has 5 nitrogen and oxygen atoms in total. The Balaban J connectivity index is 1.53. The van der Waals surface area contributed by atoms with E-state index in [-0.39, 0.29) is 5.91 Å². The van der Waals surface area contributed by atoms with Crippen LogP contribution in [0.1, 0.15) is 35.7 Å². The molecule has 6 heteroatoms. The van der Waals surface area contributed by atoms with Gasteiger partial charge in [-0.25, -0.2) is 9.97 Å². The smallest absolute Gasteiger partial charge is 0.256 e. The Bertz CT molecular complexity index is 712. The summed E-state index contributed by atoms with van der Waals surface area (Å²) in [5.41, 5.74) is 1.85. The second-order valence-corrected chi connectivity index (χ2v) is 7.63. The molecule has 1 saturated heterocycles. The quantitative estimate of drug-likeness (QED) is 0.887. The minimum Gasteiger partial charge on any atom is -0.355 e. The number of benzene rings is 1. The first-order valence-corrected chi connectivity index (χ1v) is 9.62. The molecule has 1 fully saturated rings. The van der Waals surface area contributed by atoms with Gasteiger partial charge in [0.2, 0.25) is 5.95 Å². The van der Waals surface area contributed by atoms with Crippen LogP contribution in [0.5, 0.6) is 0 Å². The van der Waals surface area contributed by atoms with Crippen LogP contribution >= 0.6 is 11.8 Å². The van der Waals surface area contributed by atoms with Crippen LogP contribution in [0.4, 0.5) is 5.95 Å². The van der Waals surface area contributed by atoms with E-state index in [2.05, 4.69) is 46.5 Å². The van der Waals surface area contributed by atoms with Crippen molar-refractivity contribution in [2.45, 2.75) is 36.8 Å². The zero-order chi connectivity index (χ0) is 17.6. The Hall–Kier alpha value is -2.08. The maximum absolute atomic E-state index is 12.6. The Morgan fingerprint density at radius 1 is 1.28 bits per heavy atom. The van der Waals surface area contributed by atoms with Crippen LogP contribution in [0.25, 0.3) is 0 Å². The lowest BCUT2D eigenvalue weighted by atomic mass is 10.1. The number of likely N-dealkylation sites (tertiary alicyclic amines) is 1. The molecule has 132 valence electrons. The van der Waals surface area contributed by atoms with E-state index in [1.807, 2.05) is 23.6 Å². The highest BCUT2D eigenvalue weighted by Gasteiger charge is 2.24. The van der Waals surface area contributed by atoms with Gasteiger partial charge in [-0.2, -0.15) is 0 Å². The molecule has 1 aromatic carbocycles. The van der Waals surface area contributed by atoms with E-state index in [9.17, 15) is 4.79 Å². The summed E-state index contributed by atoms with van der Waals surface area (Å²) >= 11 is 1.92. The van der Waals surface area contributed by atoms with Gasteiger partial charge in [0.05, 0.1) is 5.56 Å². The molecule has 0 spiro atoms. The number of carbonyl (C=O) groups excluding carboxylic acids is 1. The zero-order valence-corrected chi connectivity index (χ0v) is 15.6. The molecular formula is C19H24N4OS. The molecule has 0 radical (unpaired) electrons. The average Bonchev–Trinajstić information content (AvgIpc) is 2.63. The summed E-state index contributed by atoms with van der Waals surface area (Å²) in [6.07, 6.45) is 5.25. The number of rotatable bonds is 5.